The number of aliphatic carboxylic acids is 1. The molecule has 2 aromatic rings. The Morgan fingerprint density at radius 2 is 2.00 bits per heavy atom. The molecule has 0 aliphatic rings. The Morgan fingerprint density at radius 3 is 2.63 bits per heavy atom. The molecule has 27 heavy (non-hydrogen) atoms. The van der Waals surface area contributed by atoms with Crippen LogP contribution in [-0.2, 0) is 17.8 Å². The molecule has 1 aromatic carbocycles. The molecule has 7 nitrogen and oxygen atoms in total. The molecule has 0 aliphatic heterocycles. The number of carbonyl (C=O) groups excluding carboxylic acids is 1. The lowest BCUT2D eigenvalue weighted by Gasteiger charge is -2.09. The molecule has 3 N–H and O–H groups in total. The van der Waals surface area contributed by atoms with Crippen molar-refractivity contribution in [1.29, 1.82) is 0 Å². The number of alkyl halides is 2. The number of halogens is 2. The number of carbonyl (C=O) groups is 2. The van der Waals surface area contributed by atoms with E-state index >= 15 is 0 Å². The molecular weight excluding hydrogens is 358 g/mol. The van der Waals surface area contributed by atoms with Gasteiger partial charge in [-0.15, -0.1) is 0 Å². The highest BCUT2D eigenvalue weighted by Crippen LogP contribution is 2.26. The van der Waals surface area contributed by atoms with Gasteiger partial charge in [-0.05, 0) is 30.0 Å². The Labute approximate surface area is 155 Å². The molecule has 1 heterocycles. The maximum absolute atomic E-state index is 13.2. The van der Waals surface area contributed by atoms with Crippen molar-refractivity contribution in [3.05, 3.63) is 41.7 Å². The summed E-state index contributed by atoms with van der Waals surface area (Å²) in [5, 5.41) is 17.5. The zero-order chi connectivity index (χ0) is 20.0. The van der Waals surface area contributed by atoms with E-state index in [2.05, 4.69) is 15.7 Å². The molecule has 0 spiro atoms. The number of hydrogen-bond donors (Lipinski definition) is 3. The van der Waals surface area contributed by atoms with Crippen molar-refractivity contribution in [3.8, 4) is 0 Å². The van der Waals surface area contributed by atoms with Gasteiger partial charge in [0, 0.05) is 24.8 Å². The fraction of sp³-hybridized carbons (Fsp3) is 0.389. The number of benzene rings is 1. The summed E-state index contributed by atoms with van der Waals surface area (Å²) in [4.78, 5) is 22.8. The lowest BCUT2D eigenvalue weighted by Crippen LogP contribution is -2.20. The highest BCUT2D eigenvalue weighted by Gasteiger charge is 2.20. The van der Waals surface area contributed by atoms with Crippen LogP contribution >= 0.6 is 0 Å². The van der Waals surface area contributed by atoms with Crippen LogP contribution in [0.4, 0.5) is 25.0 Å². The van der Waals surface area contributed by atoms with Crippen LogP contribution in [-0.4, -0.2) is 26.9 Å². The van der Waals surface area contributed by atoms with E-state index < -0.39 is 24.1 Å². The third kappa shape index (κ3) is 6.36. The molecule has 1 aromatic heterocycles. The minimum atomic E-state index is -2.81. The van der Waals surface area contributed by atoms with Crippen molar-refractivity contribution in [3.63, 3.8) is 0 Å². The van der Waals surface area contributed by atoms with E-state index in [4.69, 9.17) is 5.11 Å². The summed E-state index contributed by atoms with van der Waals surface area (Å²) in [6.45, 7) is 4.32. The number of nitrogens with one attached hydrogen (secondary N) is 2. The predicted octanol–water partition coefficient (Wildman–Crippen LogP) is 4.14. The zero-order valence-corrected chi connectivity index (χ0v) is 15.1. The van der Waals surface area contributed by atoms with Crippen LogP contribution in [0.15, 0.2) is 30.5 Å². The second-order valence-electron chi connectivity index (χ2n) is 6.52. The molecule has 2 rings (SSSR count). The second-order valence-corrected chi connectivity index (χ2v) is 6.52. The molecule has 146 valence electrons. The molecule has 9 heteroatoms. The number of carboxylic acids is 1. The zero-order valence-electron chi connectivity index (χ0n) is 15.1. The van der Waals surface area contributed by atoms with E-state index in [1.807, 2.05) is 13.8 Å². The first kappa shape index (κ1) is 20.3. The summed E-state index contributed by atoms with van der Waals surface area (Å²) < 4.78 is 27.7. The van der Waals surface area contributed by atoms with E-state index in [-0.39, 0.29) is 18.0 Å². The van der Waals surface area contributed by atoms with E-state index in [0.717, 1.165) is 5.56 Å². The minimum absolute atomic E-state index is 0.0254. The van der Waals surface area contributed by atoms with E-state index in [0.29, 0.717) is 18.7 Å². The molecular formula is C18H22F2N4O3. The van der Waals surface area contributed by atoms with Crippen molar-refractivity contribution in [1.82, 2.24) is 9.78 Å². The van der Waals surface area contributed by atoms with Gasteiger partial charge < -0.3 is 15.7 Å². The fourth-order valence-electron chi connectivity index (χ4n) is 2.50. The van der Waals surface area contributed by atoms with Gasteiger partial charge in [-0.25, -0.2) is 13.6 Å². The number of hydrogen-bond acceptors (Lipinski definition) is 3. The third-order valence-electron chi connectivity index (χ3n) is 3.61. The Hall–Kier alpha value is -2.97. The summed E-state index contributed by atoms with van der Waals surface area (Å²) in [6, 6.07) is 6.00. The van der Waals surface area contributed by atoms with Crippen LogP contribution in [0.2, 0.25) is 0 Å². The van der Waals surface area contributed by atoms with Gasteiger partial charge >= 0.3 is 12.0 Å². The molecule has 0 bridgehead atoms. The predicted molar refractivity (Wildman–Crippen MR) is 97.1 cm³/mol. The van der Waals surface area contributed by atoms with Crippen molar-refractivity contribution >= 4 is 23.4 Å². The Bertz CT molecular complexity index is 806. The van der Waals surface area contributed by atoms with E-state index in [1.54, 1.807) is 24.3 Å². The topological polar surface area (TPSA) is 96.2 Å². The van der Waals surface area contributed by atoms with Gasteiger partial charge in [-0.3, -0.25) is 9.48 Å². The number of urea groups is 1. The van der Waals surface area contributed by atoms with Crippen molar-refractivity contribution in [2.24, 2.45) is 5.92 Å². The number of rotatable bonds is 8. The second kappa shape index (κ2) is 9.11. The van der Waals surface area contributed by atoms with E-state index in [9.17, 15) is 18.4 Å². The van der Waals surface area contributed by atoms with Gasteiger partial charge in [0.2, 0.25) is 0 Å². The molecule has 0 unspecified atom stereocenters. The first-order chi connectivity index (χ1) is 12.7. The third-order valence-corrected chi connectivity index (χ3v) is 3.61. The molecule has 0 fully saturated rings. The highest BCUT2D eigenvalue weighted by molar-refractivity contribution is 6.00. The number of aromatic nitrogens is 2. The fourth-order valence-corrected chi connectivity index (χ4v) is 2.50. The molecule has 2 amide bonds. The Balaban J connectivity index is 2.06. The Morgan fingerprint density at radius 1 is 1.26 bits per heavy atom. The lowest BCUT2D eigenvalue weighted by atomic mass is 10.1. The van der Waals surface area contributed by atoms with Crippen molar-refractivity contribution < 1.29 is 23.5 Å². The number of amides is 2. The number of carboxylic acid groups (broad SMARTS) is 1. The molecule has 0 aliphatic carbocycles. The molecule has 0 radical (unpaired) electrons. The average Bonchev–Trinajstić information content (AvgIpc) is 2.94. The lowest BCUT2D eigenvalue weighted by molar-refractivity contribution is -0.136. The summed E-state index contributed by atoms with van der Waals surface area (Å²) in [7, 11) is 0. The normalized spacial score (nSPS) is 11.0. The summed E-state index contributed by atoms with van der Waals surface area (Å²) >= 11 is 0. The van der Waals surface area contributed by atoms with E-state index in [1.165, 1.54) is 10.9 Å². The molecule has 0 atom stereocenters. The highest BCUT2D eigenvalue weighted by atomic mass is 19.3. The maximum Gasteiger partial charge on any atom is 0.323 e. The number of aryl methyl sites for hydroxylation is 1. The van der Waals surface area contributed by atoms with Crippen LogP contribution in [0.5, 0.6) is 0 Å². The SMILES string of the molecule is CC(C)Cn1cc(NC(=O)Nc2cccc(CCC(=O)O)c2)c(C(F)F)n1. The summed E-state index contributed by atoms with van der Waals surface area (Å²) in [5.74, 6) is -0.699. The van der Waals surface area contributed by atoms with Gasteiger partial charge in [-0.1, -0.05) is 26.0 Å². The first-order valence-corrected chi connectivity index (χ1v) is 8.49. The van der Waals surface area contributed by atoms with Gasteiger partial charge in [0.25, 0.3) is 6.43 Å². The van der Waals surface area contributed by atoms with Crippen molar-refractivity contribution in [2.75, 3.05) is 10.6 Å². The Kier molecular flexibility index (Phi) is 6.86. The van der Waals surface area contributed by atoms with Crippen LogP contribution in [0, 0.1) is 5.92 Å². The molecule has 0 saturated heterocycles. The number of anilines is 2. The van der Waals surface area contributed by atoms with Crippen molar-refractivity contribution in [2.45, 2.75) is 39.7 Å². The quantitative estimate of drug-likeness (QED) is 0.641. The standard InChI is InChI=1S/C18H22F2N4O3/c1-11(2)9-24-10-14(16(23-24)17(19)20)22-18(27)21-13-5-3-4-12(8-13)6-7-15(25)26/h3-5,8,10-11,17H,6-7,9H2,1-2H3,(H,25,26)(H2,21,22,27). The molecule has 0 saturated carbocycles. The van der Waals surface area contributed by atoms with Gasteiger partial charge in [0.15, 0.2) is 5.69 Å². The maximum atomic E-state index is 13.2. The van der Waals surface area contributed by atoms with Crippen LogP contribution in [0.25, 0.3) is 0 Å². The monoisotopic (exact) mass is 380 g/mol. The van der Waals surface area contributed by atoms with Gasteiger partial charge in [0.1, 0.15) is 0 Å². The van der Waals surface area contributed by atoms with Gasteiger partial charge in [0.05, 0.1) is 5.69 Å². The minimum Gasteiger partial charge on any atom is -0.481 e. The summed E-state index contributed by atoms with van der Waals surface area (Å²) in [6.07, 6.45) is -1.13. The van der Waals surface area contributed by atoms with Crippen LogP contribution < -0.4 is 10.6 Å². The van der Waals surface area contributed by atoms with Gasteiger partial charge in [-0.2, -0.15) is 5.10 Å². The largest absolute Gasteiger partial charge is 0.481 e. The number of nitrogens with zero attached hydrogens (tertiary/aromatic N) is 2. The van der Waals surface area contributed by atoms with Crippen LogP contribution in [0.1, 0.15) is 38.0 Å². The van der Waals surface area contributed by atoms with Crippen LogP contribution in [0.3, 0.4) is 0 Å². The summed E-state index contributed by atoms with van der Waals surface area (Å²) in [5.41, 5.74) is 0.642. The smallest absolute Gasteiger partial charge is 0.323 e. The average molecular weight is 380 g/mol. The first-order valence-electron chi connectivity index (χ1n) is 8.49.